The second kappa shape index (κ2) is 9.79. The molecule has 1 aromatic rings. The molecule has 0 spiro atoms. The van der Waals surface area contributed by atoms with Crippen LogP contribution in [-0.2, 0) is 14.4 Å². The lowest BCUT2D eigenvalue weighted by Crippen LogP contribution is -2.56. The second-order valence-corrected chi connectivity index (χ2v) is 8.00. The number of amides is 3. The van der Waals surface area contributed by atoms with Crippen LogP contribution in [-0.4, -0.2) is 73.1 Å². The summed E-state index contributed by atoms with van der Waals surface area (Å²) in [7, 11) is 1.58. The third-order valence-electron chi connectivity index (χ3n) is 4.95. The zero-order chi connectivity index (χ0) is 19.9. The molecule has 28 heavy (non-hydrogen) atoms. The topological polar surface area (TPSA) is 93.8 Å². The lowest BCUT2D eigenvalue weighted by atomic mass is 10.1. The van der Waals surface area contributed by atoms with Crippen LogP contribution in [0.15, 0.2) is 30.3 Å². The number of hydrogen-bond donors (Lipinski definition) is 3. The number of para-hydroxylation sites is 1. The van der Waals surface area contributed by atoms with Gasteiger partial charge < -0.3 is 20.4 Å². The van der Waals surface area contributed by atoms with E-state index in [1.807, 2.05) is 23.1 Å². The molecule has 2 unspecified atom stereocenters. The van der Waals surface area contributed by atoms with Crippen LogP contribution in [0, 0.1) is 0 Å². The Morgan fingerprint density at radius 3 is 2.57 bits per heavy atom. The Labute approximate surface area is 169 Å². The van der Waals surface area contributed by atoms with Crippen molar-refractivity contribution in [3.63, 3.8) is 0 Å². The second-order valence-electron chi connectivity index (χ2n) is 6.91. The third kappa shape index (κ3) is 5.62. The van der Waals surface area contributed by atoms with Crippen LogP contribution in [0.3, 0.4) is 0 Å². The van der Waals surface area contributed by atoms with Crippen molar-refractivity contribution in [2.45, 2.75) is 24.4 Å². The zero-order valence-electron chi connectivity index (χ0n) is 16.0. The predicted octanol–water partition coefficient (Wildman–Crippen LogP) is -0.0338. The Kier molecular flexibility index (Phi) is 7.16. The van der Waals surface area contributed by atoms with Gasteiger partial charge in [0.25, 0.3) is 0 Å². The van der Waals surface area contributed by atoms with Crippen LogP contribution in [0.5, 0.6) is 0 Å². The van der Waals surface area contributed by atoms with Crippen molar-refractivity contribution >= 4 is 35.2 Å². The van der Waals surface area contributed by atoms with E-state index >= 15 is 0 Å². The van der Waals surface area contributed by atoms with Crippen LogP contribution in [0.1, 0.15) is 12.8 Å². The van der Waals surface area contributed by atoms with Crippen LogP contribution in [0.4, 0.5) is 5.69 Å². The standard InChI is InChI=1S/C19H27N5O3S/c1-20-16(25)11-14-12-17(26)22-19(21-14)28-13-18(27)24-9-7-23(8-10-24)15-5-3-2-4-6-15/h2-6,14,19,21H,7-13H2,1H3,(H,20,25)(H,22,26). The highest BCUT2D eigenvalue weighted by Gasteiger charge is 2.29. The molecule has 2 aliphatic rings. The average Bonchev–Trinajstić information content (AvgIpc) is 2.72. The van der Waals surface area contributed by atoms with Gasteiger partial charge in [0.05, 0.1) is 5.75 Å². The van der Waals surface area contributed by atoms with E-state index in [0.717, 1.165) is 13.1 Å². The van der Waals surface area contributed by atoms with Gasteiger partial charge in [-0.15, -0.1) is 11.8 Å². The Bertz CT molecular complexity index is 694. The summed E-state index contributed by atoms with van der Waals surface area (Å²) in [5.74, 6) is 0.148. The van der Waals surface area contributed by atoms with Gasteiger partial charge in [0, 0.05) is 57.8 Å². The number of thioether (sulfide) groups is 1. The molecule has 2 fully saturated rings. The first kappa shape index (κ1) is 20.5. The number of piperazine rings is 1. The maximum absolute atomic E-state index is 12.6. The van der Waals surface area contributed by atoms with E-state index in [1.165, 1.54) is 17.4 Å². The largest absolute Gasteiger partial charge is 0.368 e. The fraction of sp³-hybridized carbons (Fsp3) is 0.526. The normalized spacial score (nSPS) is 22.5. The molecular formula is C19H27N5O3S. The molecule has 1 aromatic carbocycles. The molecule has 3 rings (SSSR count). The molecule has 3 N–H and O–H groups in total. The molecule has 9 heteroatoms. The van der Waals surface area contributed by atoms with E-state index in [4.69, 9.17) is 0 Å². The number of nitrogens with zero attached hydrogens (tertiary/aromatic N) is 2. The molecule has 0 bridgehead atoms. The van der Waals surface area contributed by atoms with Crippen molar-refractivity contribution in [2.24, 2.45) is 0 Å². The SMILES string of the molecule is CNC(=O)CC1CC(=O)NC(SCC(=O)N2CCN(c3ccccc3)CC2)N1. The molecule has 0 aromatic heterocycles. The van der Waals surface area contributed by atoms with Crippen LogP contribution < -0.4 is 20.9 Å². The number of carbonyl (C=O) groups excluding carboxylic acids is 3. The molecule has 2 aliphatic heterocycles. The fourth-order valence-electron chi connectivity index (χ4n) is 3.39. The molecular weight excluding hydrogens is 378 g/mol. The van der Waals surface area contributed by atoms with Gasteiger partial charge in [-0.2, -0.15) is 0 Å². The van der Waals surface area contributed by atoms with Crippen molar-refractivity contribution in [3.05, 3.63) is 30.3 Å². The van der Waals surface area contributed by atoms with Crippen molar-refractivity contribution in [1.29, 1.82) is 0 Å². The molecule has 3 amide bonds. The highest BCUT2D eigenvalue weighted by Crippen LogP contribution is 2.18. The lowest BCUT2D eigenvalue weighted by Gasteiger charge is -2.36. The molecule has 2 heterocycles. The van der Waals surface area contributed by atoms with Crippen molar-refractivity contribution in [1.82, 2.24) is 20.9 Å². The van der Waals surface area contributed by atoms with Gasteiger partial charge >= 0.3 is 0 Å². The first-order valence-electron chi connectivity index (χ1n) is 9.50. The van der Waals surface area contributed by atoms with Crippen molar-refractivity contribution < 1.29 is 14.4 Å². The summed E-state index contributed by atoms with van der Waals surface area (Å²) in [5.41, 5.74) is 0.825. The summed E-state index contributed by atoms with van der Waals surface area (Å²) >= 11 is 1.36. The molecule has 0 aliphatic carbocycles. The van der Waals surface area contributed by atoms with Gasteiger partial charge in [-0.3, -0.25) is 19.7 Å². The van der Waals surface area contributed by atoms with Gasteiger partial charge in [-0.05, 0) is 12.1 Å². The summed E-state index contributed by atoms with van der Waals surface area (Å²) in [5, 5.41) is 8.62. The highest BCUT2D eigenvalue weighted by molar-refractivity contribution is 8.00. The number of benzene rings is 1. The van der Waals surface area contributed by atoms with Gasteiger partial charge in [0.1, 0.15) is 5.50 Å². The minimum atomic E-state index is -0.356. The number of nitrogens with one attached hydrogen (secondary N) is 3. The summed E-state index contributed by atoms with van der Waals surface area (Å²) in [6.07, 6.45) is 0.510. The van der Waals surface area contributed by atoms with E-state index in [0.29, 0.717) is 13.1 Å². The van der Waals surface area contributed by atoms with E-state index < -0.39 is 0 Å². The molecule has 0 radical (unpaired) electrons. The maximum atomic E-state index is 12.6. The van der Waals surface area contributed by atoms with E-state index in [9.17, 15) is 14.4 Å². The van der Waals surface area contributed by atoms with Crippen LogP contribution in [0.2, 0.25) is 0 Å². The zero-order valence-corrected chi connectivity index (χ0v) is 16.8. The van der Waals surface area contributed by atoms with Crippen molar-refractivity contribution in [3.8, 4) is 0 Å². The molecule has 152 valence electrons. The van der Waals surface area contributed by atoms with E-state index in [-0.39, 0.29) is 47.9 Å². The minimum absolute atomic E-state index is 0.0715. The average molecular weight is 406 g/mol. The quantitative estimate of drug-likeness (QED) is 0.615. The Morgan fingerprint density at radius 2 is 1.89 bits per heavy atom. The molecule has 2 saturated heterocycles. The Hall–Kier alpha value is -2.26. The van der Waals surface area contributed by atoms with Gasteiger partial charge in [0.15, 0.2) is 0 Å². The lowest BCUT2D eigenvalue weighted by molar-refractivity contribution is -0.129. The minimum Gasteiger partial charge on any atom is -0.368 e. The van der Waals surface area contributed by atoms with Crippen LogP contribution >= 0.6 is 11.8 Å². The maximum Gasteiger partial charge on any atom is 0.232 e. The summed E-state index contributed by atoms with van der Waals surface area (Å²) in [4.78, 5) is 40.1. The number of anilines is 1. The van der Waals surface area contributed by atoms with Crippen molar-refractivity contribution in [2.75, 3.05) is 43.9 Å². The number of carbonyl (C=O) groups is 3. The van der Waals surface area contributed by atoms with E-state index in [2.05, 4.69) is 33.0 Å². The predicted molar refractivity (Wildman–Crippen MR) is 110 cm³/mol. The van der Waals surface area contributed by atoms with Gasteiger partial charge in [0.2, 0.25) is 17.7 Å². The fourth-order valence-corrected chi connectivity index (χ4v) is 4.38. The van der Waals surface area contributed by atoms with Crippen LogP contribution in [0.25, 0.3) is 0 Å². The first-order chi connectivity index (χ1) is 13.5. The van der Waals surface area contributed by atoms with Gasteiger partial charge in [-0.25, -0.2) is 0 Å². The van der Waals surface area contributed by atoms with Gasteiger partial charge in [-0.1, -0.05) is 18.2 Å². The Morgan fingerprint density at radius 1 is 1.18 bits per heavy atom. The molecule has 0 saturated carbocycles. The molecule has 2 atom stereocenters. The molecule has 8 nitrogen and oxygen atoms in total. The monoisotopic (exact) mass is 405 g/mol. The highest BCUT2D eigenvalue weighted by atomic mass is 32.2. The summed E-state index contributed by atoms with van der Waals surface area (Å²) < 4.78 is 0. The Balaban J connectivity index is 1.43. The first-order valence-corrected chi connectivity index (χ1v) is 10.6. The third-order valence-corrected chi connectivity index (χ3v) is 5.95. The summed E-state index contributed by atoms with van der Waals surface area (Å²) in [6, 6.07) is 9.99. The summed E-state index contributed by atoms with van der Waals surface area (Å²) in [6.45, 7) is 3.01. The number of rotatable bonds is 6. The smallest absolute Gasteiger partial charge is 0.232 e. The number of hydrogen-bond acceptors (Lipinski definition) is 6. The van der Waals surface area contributed by atoms with E-state index in [1.54, 1.807) is 7.05 Å².